The third-order valence-corrected chi connectivity index (χ3v) is 7.14. The van der Waals surface area contributed by atoms with Crippen LogP contribution in [0.15, 0.2) is 95.6 Å². The van der Waals surface area contributed by atoms with E-state index in [0.29, 0.717) is 10.6 Å². The summed E-state index contributed by atoms with van der Waals surface area (Å²) >= 11 is 9.81. The molecule has 4 aromatic rings. The van der Waals surface area contributed by atoms with E-state index in [4.69, 9.17) is 11.6 Å². The molecule has 7 heteroatoms. The van der Waals surface area contributed by atoms with Crippen LogP contribution in [-0.2, 0) is 4.79 Å². The van der Waals surface area contributed by atoms with Crippen molar-refractivity contribution in [1.29, 1.82) is 0 Å². The predicted octanol–water partition coefficient (Wildman–Crippen LogP) is 6.88. The standard InChI is InChI=1S/C29H25BrClN3O2/c1-19(2)33(29(36)21-9-5-10-22(30)16-21)18-27(35)34-25-13-4-3-12-24(25)32-15-7-14-26(32)28(34)20-8-6-11-23(31)17-20/h3-17,19,28H,18H2,1-2H3. The predicted molar refractivity (Wildman–Crippen MR) is 147 cm³/mol. The van der Waals surface area contributed by atoms with Gasteiger partial charge in [0, 0.05) is 27.3 Å². The number of rotatable bonds is 5. The van der Waals surface area contributed by atoms with Crippen LogP contribution >= 0.6 is 27.5 Å². The fraction of sp³-hybridized carbons (Fsp3) is 0.172. The van der Waals surface area contributed by atoms with Gasteiger partial charge in [0.1, 0.15) is 12.6 Å². The Labute approximate surface area is 224 Å². The van der Waals surface area contributed by atoms with Crippen molar-refractivity contribution in [2.45, 2.75) is 25.9 Å². The SMILES string of the molecule is CC(C)N(CC(=O)N1c2ccccc2-n2cccc2C1c1cccc(Cl)c1)C(=O)c1cccc(Br)c1. The van der Waals surface area contributed by atoms with Crippen LogP contribution in [0.4, 0.5) is 5.69 Å². The molecule has 0 spiro atoms. The Morgan fingerprint density at radius 1 is 0.944 bits per heavy atom. The highest BCUT2D eigenvalue weighted by molar-refractivity contribution is 9.10. The van der Waals surface area contributed by atoms with Crippen molar-refractivity contribution in [3.8, 4) is 5.69 Å². The Bertz CT molecular complexity index is 1450. The van der Waals surface area contributed by atoms with Gasteiger partial charge in [-0.2, -0.15) is 0 Å². The first-order valence-electron chi connectivity index (χ1n) is 11.8. The molecule has 182 valence electrons. The molecule has 2 amide bonds. The van der Waals surface area contributed by atoms with Crippen molar-refractivity contribution in [3.63, 3.8) is 0 Å². The topological polar surface area (TPSA) is 45.6 Å². The first kappa shape index (κ1) is 24.3. The van der Waals surface area contributed by atoms with E-state index in [-0.39, 0.29) is 24.4 Å². The number of nitrogens with zero attached hydrogens (tertiary/aromatic N) is 3. The monoisotopic (exact) mass is 561 g/mol. The van der Waals surface area contributed by atoms with Gasteiger partial charge in [-0.05, 0) is 74.0 Å². The van der Waals surface area contributed by atoms with Crippen LogP contribution in [0.2, 0.25) is 5.02 Å². The van der Waals surface area contributed by atoms with E-state index >= 15 is 0 Å². The van der Waals surface area contributed by atoms with Gasteiger partial charge in [-0.3, -0.25) is 14.5 Å². The van der Waals surface area contributed by atoms with Gasteiger partial charge in [0.2, 0.25) is 5.91 Å². The van der Waals surface area contributed by atoms with Crippen molar-refractivity contribution in [2.24, 2.45) is 0 Å². The minimum Gasteiger partial charge on any atom is -0.327 e. The molecular formula is C29H25BrClN3O2. The molecule has 5 nitrogen and oxygen atoms in total. The van der Waals surface area contributed by atoms with E-state index in [9.17, 15) is 9.59 Å². The van der Waals surface area contributed by atoms with Crippen LogP contribution in [-0.4, -0.2) is 33.9 Å². The fourth-order valence-electron chi connectivity index (χ4n) is 4.75. The number of hydrogen-bond donors (Lipinski definition) is 0. The number of anilines is 1. The first-order valence-corrected chi connectivity index (χ1v) is 12.9. The molecule has 1 unspecified atom stereocenters. The Kier molecular flexibility index (Phi) is 6.73. The number of amides is 2. The number of fused-ring (bicyclic) bond motifs is 3. The van der Waals surface area contributed by atoms with Gasteiger partial charge in [0.25, 0.3) is 5.91 Å². The summed E-state index contributed by atoms with van der Waals surface area (Å²) in [7, 11) is 0. The summed E-state index contributed by atoms with van der Waals surface area (Å²) in [5.74, 6) is -0.357. The van der Waals surface area contributed by atoms with Crippen LogP contribution in [0.1, 0.15) is 41.5 Å². The molecular weight excluding hydrogens is 538 g/mol. The molecule has 0 N–H and O–H groups in total. The van der Waals surface area contributed by atoms with Gasteiger partial charge in [-0.15, -0.1) is 0 Å². The van der Waals surface area contributed by atoms with Crippen LogP contribution in [0, 0.1) is 0 Å². The average Bonchev–Trinajstić information content (AvgIpc) is 3.35. The van der Waals surface area contributed by atoms with Gasteiger partial charge in [0.05, 0.1) is 17.1 Å². The fourth-order valence-corrected chi connectivity index (χ4v) is 5.35. The summed E-state index contributed by atoms with van der Waals surface area (Å²) in [6, 6.07) is 26.1. The number of hydrogen-bond acceptors (Lipinski definition) is 2. The number of benzene rings is 3. The Balaban J connectivity index is 1.58. The van der Waals surface area contributed by atoms with E-state index in [1.54, 1.807) is 21.9 Å². The van der Waals surface area contributed by atoms with Crippen molar-refractivity contribution in [2.75, 3.05) is 11.4 Å². The van der Waals surface area contributed by atoms with Crippen LogP contribution in [0.25, 0.3) is 5.69 Å². The number of carbonyl (C=O) groups excluding carboxylic acids is 2. The quantitative estimate of drug-likeness (QED) is 0.266. The molecule has 3 aromatic carbocycles. The lowest BCUT2D eigenvalue weighted by Crippen LogP contribution is -2.48. The molecule has 1 aliphatic heterocycles. The second kappa shape index (κ2) is 9.96. The lowest BCUT2D eigenvalue weighted by atomic mass is 9.97. The van der Waals surface area contributed by atoms with Crippen molar-refractivity contribution in [1.82, 2.24) is 9.47 Å². The molecule has 0 aliphatic carbocycles. The van der Waals surface area contributed by atoms with E-state index < -0.39 is 6.04 Å². The van der Waals surface area contributed by atoms with Gasteiger partial charge in [-0.25, -0.2) is 0 Å². The maximum atomic E-state index is 14.2. The Hall–Kier alpha value is -3.35. The van der Waals surface area contributed by atoms with Gasteiger partial charge in [-0.1, -0.05) is 57.9 Å². The maximum absolute atomic E-state index is 14.2. The lowest BCUT2D eigenvalue weighted by Gasteiger charge is -2.40. The summed E-state index contributed by atoms with van der Waals surface area (Å²) in [5, 5.41) is 0.602. The highest BCUT2D eigenvalue weighted by Crippen LogP contribution is 2.42. The zero-order valence-electron chi connectivity index (χ0n) is 19.9. The van der Waals surface area contributed by atoms with Crippen molar-refractivity contribution in [3.05, 3.63) is 117 Å². The molecule has 2 heterocycles. The molecule has 1 atom stereocenters. The van der Waals surface area contributed by atoms with Gasteiger partial charge >= 0.3 is 0 Å². The molecule has 0 fully saturated rings. The normalized spacial score (nSPS) is 14.4. The molecule has 0 saturated carbocycles. The zero-order valence-corrected chi connectivity index (χ0v) is 22.3. The third-order valence-electron chi connectivity index (χ3n) is 6.41. The van der Waals surface area contributed by atoms with Crippen molar-refractivity contribution >= 4 is 45.0 Å². The summed E-state index contributed by atoms with van der Waals surface area (Å²) in [6.45, 7) is 3.79. The molecule has 36 heavy (non-hydrogen) atoms. The number of carbonyl (C=O) groups is 2. The summed E-state index contributed by atoms with van der Waals surface area (Å²) in [6.07, 6.45) is 2.00. The van der Waals surface area contributed by atoms with Crippen LogP contribution in [0.3, 0.4) is 0 Å². The van der Waals surface area contributed by atoms with Crippen molar-refractivity contribution < 1.29 is 9.59 Å². The molecule has 0 radical (unpaired) electrons. The molecule has 5 rings (SSSR count). The van der Waals surface area contributed by atoms with E-state index in [2.05, 4.69) is 20.5 Å². The highest BCUT2D eigenvalue weighted by atomic mass is 79.9. The minimum atomic E-state index is -0.393. The lowest BCUT2D eigenvalue weighted by molar-refractivity contribution is -0.120. The molecule has 1 aliphatic rings. The number of para-hydroxylation sites is 2. The molecule has 0 saturated heterocycles. The smallest absolute Gasteiger partial charge is 0.254 e. The Morgan fingerprint density at radius 2 is 1.69 bits per heavy atom. The van der Waals surface area contributed by atoms with E-state index in [1.165, 1.54) is 0 Å². The van der Waals surface area contributed by atoms with Crippen LogP contribution < -0.4 is 4.90 Å². The third kappa shape index (κ3) is 4.47. The number of halogens is 2. The van der Waals surface area contributed by atoms with Gasteiger partial charge in [0.15, 0.2) is 0 Å². The largest absolute Gasteiger partial charge is 0.327 e. The minimum absolute atomic E-state index is 0.0604. The first-order chi connectivity index (χ1) is 17.3. The second-order valence-corrected chi connectivity index (χ2v) is 10.4. The second-order valence-electron chi connectivity index (χ2n) is 9.05. The summed E-state index contributed by atoms with van der Waals surface area (Å²) in [4.78, 5) is 31.1. The van der Waals surface area contributed by atoms with Gasteiger partial charge < -0.3 is 9.47 Å². The summed E-state index contributed by atoms with van der Waals surface area (Å²) in [5.41, 5.74) is 4.09. The Morgan fingerprint density at radius 3 is 2.42 bits per heavy atom. The highest BCUT2D eigenvalue weighted by Gasteiger charge is 2.37. The zero-order chi connectivity index (χ0) is 25.4. The summed E-state index contributed by atoms with van der Waals surface area (Å²) < 4.78 is 2.92. The molecule has 0 bridgehead atoms. The average molecular weight is 563 g/mol. The number of aromatic nitrogens is 1. The van der Waals surface area contributed by atoms with Crippen LogP contribution in [0.5, 0.6) is 0 Å². The van der Waals surface area contributed by atoms with E-state index in [1.807, 2.05) is 92.8 Å². The van der Waals surface area contributed by atoms with E-state index in [0.717, 1.165) is 27.1 Å². The maximum Gasteiger partial charge on any atom is 0.254 e. The molecule has 1 aromatic heterocycles.